The van der Waals surface area contributed by atoms with E-state index in [1.807, 2.05) is 0 Å². The fourth-order valence-electron chi connectivity index (χ4n) is 2.48. The standard InChI is InChI=1S/C21H29F3O4/c1-4-5-6-7-8-9-10-11-14-27-19(25)21(2,3)20(26)28-16-13-12-15(22)17(23)18(16)24/h12-13H,4-11,14H2,1-3H3. The zero-order valence-corrected chi connectivity index (χ0v) is 16.8. The third kappa shape index (κ3) is 7.17. The molecule has 0 aromatic heterocycles. The van der Waals surface area contributed by atoms with E-state index < -0.39 is 40.6 Å². The Morgan fingerprint density at radius 1 is 0.857 bits per heavy atom. The van der Waals surface area contributed by atoms with Gasteiger partial charge in [0, 0.05) is 0 Å². The second-order valence-electron chi connectivity index (χ2n) is 7.30. The molecule has 0 saturated heterocycles. The highest BCUT2D eigenvalue weighted by molar-refractivity contribution is 5.99. The Hall–Kier alpha value is -2.05. The van der Waals surface area contributed by atoms with Crippen LogP contribution in [0.2, 0.25) is 0 Å². The van der Waals surface area contributed by atoms with Crippen LogP contribution in [0.3, 0.4) is 0 Å². The van der Waals surface area contributed by atoms with E-state index in [-0.39, 0.29) is 6.61 Å². The number of halogens is 3. The number of carbonyl (C=O) groups excluding carboxylic acids is 2. The second-order valence-corrected chi connectivity index (χ2v) is 7.30. The number of hydrogen-bond acceptors (Lipinski definition) is 4. The van der Waals surface area contributed by atoms with Crippen molar-refractivity contribution in [1.82, 2.24) is 0 Å². The van der Waals surface area contributed by atoms with Crippen molar-refractivity contribution in [2.45, 2.75) is 72.1 Å². The maximum atomic E-state index is 13.6. The van der Waals surface area contributed by atoms with Crippen molar-refractivity contribution in [1.29, 1.82) is 0 Å². The summed E-state index contributed by atoms with van der Waals surface area (Å²) in [6.45, 7) is 4.87. The number of esters is 2. The Morgan fingerprint density at radius 2 is 1.43 bits per heavy atom. The average molecular weight is 402 g/mol. The van der Waals surface area contributed by atoms with Crippen molar-refractivity contribution in [3.05, 3.63) is 29.6 Å². The number of hydrogen-bond donors (Lipinski definition) is 0. The smallest absolute Gasteiger partial charge is 0.328 e. The maximum absolute atomic E-state index is 13.6. The van der Waals surface area contributed by atoms with Crippen LogP contribution in [-0.4, -0.2) is 18.5 Å². The molecule has 0 radical (unpaired) electrons. The van der Waals surface area contributed by atoms with Gasteiger partial charge in [0.1, 0.15) is 0 Å². The van der Waals surface area contributed by atoms with Gasteiger partial charge in [-0.3, -0.25) is 9.59 Å². The summed E-state index contributed by atoms with van der Waals surface area (Å²) in [5.41, 5.74) is -1.71. The van der Waals surface area contributed by atoms with Gasteiger partial charge in [0.25, 0.3) is 0 Å². The van der Waals surface area contributed by atoms with Gasteiger partial charge in [-0.1, -0.05) is 51.9 Å². The number of unbranched alkanes of at least 4 members (excludes halogenated alkanes) is 7. The first kappa shape index (κ1) is 24.0. The number of rotatable bonds is 12. The van der Waals surface area contributed by atoms with Gasteiger partial charge in [-0.05, 0) is 32.4 Å². The predicted molar refractivity (Wildman–Crippen MR) is 99.3 cm³/mol. The lowest BCUT2D eigenvalue weighted by molar-refractivity contribution is -0.164. The minimum Gasteiger partial charge on any atom is -0.465 e. The molecule has 1 aromatic carbocycles. The minimum atomic E-state index is -1.75. The van der Waals surface area contributed by atoms with Gasteiger partial charge < -0.3 is 9.47 Å². The highest BCUT2D eigenvalue weighted by Crippen LogP contribution is 2.26. The molecule has 0 bridgehead atoms. The maximum Gasteiger partial charge on any atom is 0.328 e. The van der Waals surface area contributed by atoms with Gasteiger partial charge in [-0.15, -0.1) is 0 Å². The van der Waals surface area contributed by atoms with E-state index in [1.165, 1.54) is 39.5 Å². The van der Waals surface area contributed by atoms with Crippen LogP contribution in [0, 0.1) is 22.9 Å². The van der Waals surface area contributed by atoms with Crippen LogP contribution in [-0.2, 0) is 14.3 Å². The molecule has 0 N–H and O–H groups in total. The molecule has 0 amide bonds. The minimum absolute atomic E-state index is 0.171. The zero-order valence-electron chi connectivity index (χ0n) is 16.8. The first-order valence-electron chi connectivity index (χ1n) is 9.74. The van der Waals surface area contributed by atoms with E-state index in [0.29, 0.717) is 12.5 Å². The monoisotopic (exact) mass is 402 g/mol. The van der Waals surface area contributed by atoms with Crippen molar-refractivity contribution in [2.75, 3.05) is 6.61 Å². The van der Waals surface area contributed by atoms with Crippen molar-refractivity contribution >= 4 is 11.9 Å². The van der Waals surface area contributed by atoms with Crippen LogP contribution in [0.5, 0.6) is 5.75 Å². The first-order valence-corrected chi connectivity index (χ1v) is 9.74. The SMILES string of the molecule is CCCCCCCCCCOC(=O)C(C)(C)C(=O)Oc1ccc(F)c(F)c1F. The number of benzene rings is 1. The molecule has 0 saturated carbocycles. The molecular weight excluding hydrogens is 373 g/mol. The Labute approximate surface area is 164 Å². The molecule has 0 spiro atoms. The summed E-state index contributed by atoms with van der Waals surface area (Å²) in [4.78, 5) is 24.3. The highest BCUT2D eigenvalue weighted by Gasteiger charge is 2.40. The van der Waals surface area contributed by atoms with Crippen LogP contribution in [0.25, 0.3) is 0 Å². The van der Waals surface area contributed by atoms with Gasteiger partial charge in [0.2, 0.25) is 5.82 Å². The van der Waals surface area contributed by atoms with Gasteiger partial charge in [0.15, 0.2) is 22.8 Å². The summed E-state index contributed by atoms with van der Waals surface area (Å²) in [5.74, 6) is -7.49. The van der Waals surface area contributed by atoms with E-state index in [1.54, 1.807) is 0 Å². The van der Waals surface area contributed by atoms with E-state index in [4.69, 9.17) is 9.47 Å². The molecule has 0 atom stereocenters. The molecular formula is C21H29F3O4. The molecule has 1 aromatic rings. The van der Waals surface area contributed by atoms with Crippen LogP contribution < -0.4 is 4.74 Å². The van der Waals surface area contributed by atoms with E-state index in [0.717, 1.165) is 25.3 Å². The summed E-state index contributed by atoms with van der Waals surface area (Å²) in [5, 5.41) is 0. The van der Waals surface area contributed by atoms with Crippen LogP contribution in [0.4, 0.5) is 13.2 Å². The normalized spacial score (nSPS) is 11.4. The quantitative estimate of drug-likeness (QED) is 0.148. The molecule has 158 valence electrons. The summed E-state index contributed by atoms with van der Waals surface area (Å²) in [6.07, 6.45) is 8.70. The van der Waals surface area contributed by atoms with Crippen molar-refractivity contribution in [3.63, 3.8) is 0 Å². The summed E-state index contributed by atoms with van der Waals surface area (Å²) in [7, 11) is 0. The first-order chi connectivity index (χ1) is 13.2. The molecule has 0 aliphatic heterocycles. The molecule has 4 nitrogen and oxygen atoms in total. The van der Waals surface area contributed by atoms with Gasteiger partial charge in [-0.25, -0.2) is 8.78 Å². The van der Waals surface area contributed by atoms with Crippen LogP contribution >= 0.6 is 0 Å². The molecule has 7 heteroatoms. The fourth-order valence-corrected chi connectivity index (χ4v) is 2.48. The van der Waals surface area contributed by atoms with Crippen molar-refractivity contribution in [3.8, 4) is 5.75 Å². The zero-order chi connectivity index (χ0) is 21.2. The van der Waals surface area contributed by atoms with Gasteiger partial charge in [0.05, 0.1) is 6.61 Å². The van der Waals surface area contributed by atoms with E-state index >= 15 is 0 Å². The lowest BCUT2D eigenvalue weighted by atomic mass is 9.94. The van der Waals surface area contributed by atoms with E-state index in [2.05, 4.69) is 6.92 Å². The van der Waals surface area contributed by atoms with Gasteiger partial charge in [-0.2, -0.15) is 4.39 Å². The predicted octanol–water partition coefficient (Wildman–Crippen LogP) is 5.72. The number of carbonyl (C=O) groups is 2. The Morgan fingerprint density at radius 3 is 2.04 bits per heavy atom. The lowest BCUT2D eigenvalue weighted by Crippen LogP contribution is -2.38. The third-order valence-electron chi connectivity index (χ3n) is 4.45. The molecule has 0 unspecified atom stereocenters. The van der Waals surface area contributed by atoms with E-state index in [9.17, 15) is 22.8 Å². The molecule has 0 aliphatic carbocycles. The Kier molecular flexibility index (Phi) is 10.0. The third-order valence-corrected chi connectivity index (χ3v) is 4.45. The molecule has 28 heavy (non-hydrogen) atoms. The number of ether oxygens (including phenoxy) is 2. The molecule has 0 fully saturated rings. The Balaban J connectivity index is 2.41. The highest BCUT2D eigenvalue weighted by atomic mass is 19.2. The second kappa shape index (κ2) is 11.7. The average Bonchev–Trinajstić information content (AvgIpc) is 2.66. The summed E-state index contributed by atoms with van der Waals surface area (Å²) < 4.78 is 49.6. The lowest BCUT2D eigenvalue weighted by Gasteiger charge is -2.20. The Bertz CT molecular complexity index is 659. The topological polar surface area (TPSA) is 52.6 Å². The van der Waals surface area contributed by atoms with Crippen molar-refractivity contribution < 1.29 is 32.2 Å². The van der Waals surface area contributed by atoms with Gasteiger partial charge >= 0.3 is 11.9 Å². The van der Waals surface area contributed by atoms with Crippen LogP contribution in [0.15, 0.2) is 12.1 Å². The molecule has 0 aliphatic rings. The largest absolute Gasteiger partial charge is 0.465 e. The summed E-state index contributed by atoms with van der Waals surface area (Å²) >= 11 is 0. The van der Waals surface area contributed by atoms with Crippen LogP contribution in [0.1, 0.15) is 72.1 Å². The summed E-state index contributed by atoms with van der Waals surface area (Å²) in [6, 6.07) is 1.42. The fraction of sp³-hybridized carbons (Fsp3) is 0.619. The van der Waals surface area contributed by atoms with Crippen molar-refractivity contribution in [2.24, 2.45) is 5.41 Å². The molecule has 0 heterocycles. The molecule has 1 rings (SSSR count).